The summed E-state index contributed by atoms with van der Waals surface area (Å²) in [5.74, 6) is 0.532. The molecule has 2 rings (SSSR count). The fraction of sp³-hybridized carbons (Fsp3) is 0.0909. The number of amides is 1. The van der Waals surface area contributed by atoms with Crippen molar-refractivity contribution in [3.05, 3.63) is 46.9 Å². The summed E-state index contributed by atoms with van der Waals surface area (Å²) in [6.07, 6.45) is 1.26. The van der Waals surface area contributed by atoms with Crippen molar-refractivity contribution in [2.75, 3.05) is 0 Å². The van der Waals surface area contributed by atoms with Gasteiger partial charge >= 0.3 is 6.09 Å². The van der Waals surface area contributed by atoms with Crippen molar-refractivity contribution < 1.29 is 9.53 Å². The maximum atomic E-state index is 11.4. The van der Waals surface area contributed by atoms with Crippen LogP contribution >= 0.6 is 11.3 Å². The maximum Gasteiger partial charge on any atom is 0.412 e. The second kappa shape index (κ2) is 5.27. The molecule has 0 saturated carbocycles. The summed E-state index contributed by atoms with van der Waals surface area (Å²) in [5, 5.41) is 2.64. The standard InChI is InChI=1S/C11H10N2O2S/c14-11(13-7-10-6-12-8-16-10)15-9-4-2-1-3-5-9/h1-6,8H,7H2,(H,13,14). The number of hydrogen-bond acceptors (Lipinski definition) is 4. The van der Waals surface area contributed by atoms with Crippen LogP contribution in [0.5, 0.6) is 5.75 Å². The van der Waals surface area contributed by atoms with Gasteiger partial charge in [0.1, 0.15) is 5.75 Å². The van der Waals surface area contributed by atoms with E-state index in [1.807, 2.05) is 18.2 Å². The van der Waals surface area contributed by atoms with Crippen molar-refractivity contribution in [3.63, 3.8) is 0 Å². The smallest absolute Gasteiger partial charge is 0.410 e. The molecule has 82 valence electrons. The first-order valence-corrected chi connectivity index (χ1v) is 5.60. The van der Waals surface area contributed by atoms with Crippen LogP contribution in [0.1, 0.15) is 4.88 Å². The number of hydrogen-bond donors (Lipinski definition) is 1. The lowest BCUT2D eigenvalue weighted by atomic mass is 10.3. The largest absolute Gasteiger partial charge is 0.412 e. The fourth-order valence-electron chi connectivity index (χ4n) is 1.12. The Kier molecular flexibility index (Phi) is 3.50. The molecule has 0 unspecified atom stereocenters. The number of benzene rings is 1. The zero-order chi connectivity index (χ0) is 11.2. The molecule has 1 aromatic heterocycles. The van der Waals surface area contributed by atoms with Gasteiger partial charge in [0.05, 0.1) is 12.1 Å². The van der Waals surface area contributed by atoms with Gasteiger partial charge in [-0.3, -0.25) is 4.98 Å². The molecule has 5 heteroatoms. The lowest BCUT2D eigenvalue weighted by Gasteiger charge is -2.04. The van der Waals surface area contributed by atoms with Gasteiger partial charge < -0.3 is 10.1 Å². The average molecular weight is 234 g/mol. The molecule has 1 N–H and O–H groups in total. The summed E-state index contributed by atoms with van der Waals surface area (Å²) >= 11 is 1.49. The van der Waals surface area contributed by atoms with Crippen LogP contribution < -0.4 is 10.1 Å². The Bertz CT molecular complexity index is 442. The molecule has 16 heavy (non-hydrogen) atoms. The van der Waals surface area contributed by atoms with Gasteiger partial charge in [-0.25, -0.2) is 4.79 Å². The molecule has 0 saturated heterocycles. The normalized spacial score (nSPS) is 9.75. The number of nitrogens with one attached hydrogen (secondary N) is 1. The molecule has 0 bridgehead atoms. The minimum absolute atomic E-state index is 0.441. The number of thiazole rings is 1. The Labute approximate surface area is 96.9 Å². The van der Waals surface area contributed by atoms with E-state index in [4.69, 9.17) is 4.74 Å². The van der Waals surface area contributed by atoms with Crippen LogP contribution in [-0.2, 0) is 6.54 Å². The fourth-order valence-corrected chi connectivity index (χ4v) is 1.65. The summed E-state index contributed by atoms with van der Waals surface area (Å²) in [6.45, 7) is 0.441. The molecule has 4 nitrogen and oxygen atoms in total. The number of rotatable bonds is 3. The van der Waals surface area contributed by atoms with E-state index in [-0.39, 0.29) is 0 Å². The van der Waals surface area contributed by atoms with E-state index in [0.29, 0.717) is 12.3 Å². The molecule has 1 aromatic carbocycles. The second-order valence-electron chi connectivity index (χ2n) is 3.02. The minimum atomic E-state index is -0.459. The molecular weight excluding hydrogens is 224 g/mol. The summed E-state index contributed by atoms with van der Waals surface area (Å²) in [5.41, 5.74) is 1.72. The molecule has 0 atom stereocenters. The Morgan fingerprint density at radius 2 is 2.19 bits per heavy atom. The first-order valence-electron chi connectivity index (χ1n) is 4.73. The predicted octanol–water partition coefficient (Wildman–Crippen LogP) is 2.43. The van der Waals surface area contributed by atoms with Gasteiger partial charge in [-0.05, 0) is 12.1 Å². The van der Waals surface area contributed by atoms with Crippen LogP contribution in [0.3, 0.4) is 0 Å². The Morgan fingerprint density at radius 1 is 1.38 bits per heavy atom. The van der Waals surface area contributed by atoms with Crippen LogP contribution in [0.2, 0.25) is 0 Å². The van der Waals surface area contributed by atoms with E-state index in [1.165, 1.54) is 11.3 Å². The number of para-hydroxylation sites is 1. The highest BCUT2D eigenvalue weighted by Gasteiger charge is 2.03. The number of carbonyl (C=O) groups is 1. The van der Waals surface area contributed by atoms with Gasteiger partial charge in [0.25, 0.3) is 0 Å². The molecule has 1 amide bonds. The first kappa shape index (κ1) is 10.6. The zero-order valence-corrected chi connectivity index (χ0v) is 9.24. The Hall–Kier alpha value is -1.88. The molecule has 0 radical (unpaired) electrons. The minimum Gasteiger partial charge on any atom is -0.410 e. The lowest BCUT2D eigenvalue weighted by molar-refractivity contribution is 0.200. The molecule has 0 aliphatic carbocycles. The summed E-state index contributed by atoms with van der Waals surface area (Å²) in [4.78, 5) is 16.3. The molecule has 0 aliphatic rings. The third-order valence-corrected chi connectivity index (χ3v) is 2.62. The SMILES string of the molecule is O=C(NCc1cncs1)Oc1ccccc1. The molecular formula is C11H10N2O2S. The lowest BCUT2D eigenvalue weighted by Crippen LogP contribution is -2.25. The van der Waals surface area contributed by atoms with Crippen molar-refractivity contribution >= 4 is 17.4 Å². The Morgan fingerprint density at radius 3 is 2.88 bits per heavy atom. The van der Waals surface area contributed by atoms with E-state index < -0.39 is 6.09 Å². The summed E-state index contributed by atoms with van der Waals surface area (Å²) in [6, 6.07) is 8.94. The number of nitrogens with zero attached hydrogens (tertiary/aromatic N) is 1. The highest BCUT2D eigenvalue weighted by atomic mass is 32.1. The molecule has 0 fully saturated rings. The average Bonchev–Trinajstić information content (AvgIpc) is 2.81. The third-order valence-electron chi connectivity index (χ3n) is 1.84. The molecule has 0 spiro atoms. The quantitative estimate of drug-likeness (QED) is 0.887. The van der Waals surface area contributed by atoms with Gasteiger partial charge in [-0.15, -0.1) is 11.3 Å². The molecule has 1 heterocycles. The Balaban J connectivity index is 1.81. The van der Waals surface area contributed by atoms with E-state index in [0.717, 1.165) is 4.88 Å². The van der Waals surface area contributed by atoms with Crippen LogP contribution in [0, 0.1) is 0 Å². The highest BCUT2D eigenvalue weighted by Crippen LogP contribution is 2.09. The van der Waals surface area contributed by atoms with Gasteiger partial charge in [-0.2, -0.15) is 0 Å². The topological polar surface area (TPSA) is 51.2 Å². The van der Waals surface area contributed by atoms with Crippen LogP contribution in [0.25, 0.3) is 0 Å². The first-order chi connectivity index (χ1) is 7.84. The second-order valence-corrected chi connectivity index (χ2v) is 3.99. The van der Waals surface area contributed by atoms with Gasteiger partial charge in [-0.1, -0.05) is 18.2 Å². The predicted molar refractivity (Wildman–Crippen MR) is 61.4 cm³/mol. The van der Waals surface area contributed by atoms with Crippen molar-refractivity contribution in [3.8, 4) is 5.75 Å². The van der Waals surface area contributed by atoms with Crippen molar-refractivity contribution in [2.24, 2.45) is 0 Å². The molecule has 2 aromatic rings. The highest BCUT2D eigenvalue weighted by molar-refractivity contribution is 7.09. The van der Waals surface area contributed by atoms with Crippen LogP contribution in [-0.4, -0.2) is 11.1 Å². The van der Waals surface area contributed by atoms with Crippen molar-refractivity contribution in [1.29, 1.82) is 0 Å². The van der Waals surface area contributed by atoms with Crippen LogP contribution in [0.4, 0.5) is 4.79 Å². The maximum absolute atomic E-state index is 11.4. The third kappa shape index (κ3) is 3.06. The zero-order valence-electron chi connectivity index (χ0n) is 8.42. The van der Waals surface area contributed by atoms with E-state index >= 15 is 0 Å². The monoisotopic (exact) mass is 234 g/mol. The van der Waals surface area contributed by atoms with E-state index in [1.54, 1.807) is 23.8 Å². The van der Waals surface area contributed by atoms with E-state index in [9.17, 15) is 4.79 Å². The van der Waals surface area contributed by atoms with E-state index in [2.05, 4.69) is 10.3 Å². The van der Waals surface area contributed by atoms with Crippen LogP contribution in [0.15, 0.2) is 42.0 Å². The van der Waals surface area contributed by atoms with Crippen molar-refractivity contribution in [2.45, 2.75) is 6.54 Å². The van der Waals surface area contributed by atoms with Gasteiger partial charge in [0.2, 0.25) is 0 Å². The number of aromatic nitrogens is 1. The number of ether oxygens (including phenoxy) is 1. The van der Waals surface area contributed by atoms with Gasteiger partial charge in [0, 0.05) is 11.1 Å². The van der Waals surface area contributed by atoms with Gasteiger partial charge in [0.15, 0.2) is 0 Å². The summed E-state index contributed by atoms with van der Waals surface area (Å²) in [7, 11) is 0. The molecule has 0 aliphatic heterocycles. The summed E-state index contributed by atoms with van der Waals surface area (Å²) < 4.78 is 5.05. The number of carbonyl (C=O) groups excluding carboxylic acids is 1. The van der Waals surface area contributed by atoms with Crippen molar-refractivity contribution in [1.82, 2.24) is 10.3 Å².